The molecule has 0 saturated carbocycles. The van der Waals surface area contributed by atoms with Gasteiger partial charge in [-0.15, -0.1) is 0 Å². The Balaban J connectivity index is 2.36. The zero-order valence-corrected chi connectivity index (χ0v) is 12.0. The van der Waals surface area contributed by atoms with Crippen LogP contribution in [0.1, 0.15) is 47.0 Å². The van der Waals surface area contributed by atoms with Gasteiger partial charge >= 0.3 is 0 Å². The van der Waals surface area contributed by atoms with Gasteiger partial charge in [-0.3, -0.25) is 4.90 Å². The van der Waals surface area contributed by atoms with Crippen LogP contribution in [0.4, 0.5) is 0 Å². The average molecular weight is 242 g/mol. The first-order valence-electron chi connectivity index (χ1n) is 7.22. The Labute approximate surface area is 107 Å². The van der Waals surface area contributed by atoms with Crippen molar-refractivity contribution in [1.82, 2.24) is 10.2 Å². The topological polar surface area (TPSA) is 24.5 Å². The summed E-state index contributed by atoms with van der Waals surface area (Å²) in [6.45, 7) is 13.1. The van der Waals surface area contributed by atoms with Crippen molar-refractivity contribution in [3.63, 3.8) is 0 Å². The fraction of sp³-hybridized carbons (Fsp3) is 1.00. The van der Waals surface area contributed by atoms with Crippen LogP contribution in [0.5, 0.6) is 0 Å². The summed E-state index contributed by atoms with van der Waals surface area (Å²) in [6, 6.07) is 1.35. The van der Waals surface area contributed by atoms with Crippen LogP contribution in [0.25, 0.3) is 0 Å². The standard InChI is InChI=1S/C14H30N2O/c1-5-6-14-11-16(9-10-17-12(2)3)13(4)7-8-15-14/h12-15H,5-11H2,1-4H3. The van der Waals surface area contributed by atoms with E-state index in [1.807, 2.05) is 0 Å². The third-order valence-electron chi connectivity index (χ3n) is 3.54. The lowest BCUT2D eigenvalue weighted by molar-refractivity contribution is 0.0499. The second kappa shape index (κ2) is 8.06. The van der Waals surface area contributed by atoms with Crippen molar-refractivity contribution in [2.24, 2.45) is 0 Å². The largest absolute Gasteiger partial charge is 0.377 e. The number of hydrogen-bond acceptors (Lipinski definition) is 3. The maximum atomic E-state index is 5.67. The van der Waals surface area contributed by atoms with E-state index in [1.165, 1.54) is 25.8 Å². The Morgan fingerprint density at radius 2 is 2.18 bits per heavy atom. The van der Waals surface area contributed by atoms with Crippen molar-refractivity contribution in [2.45, 2.75) is 65.1 Å². The predicted octanol–water partition coefficient (Wildman–Crippen LogP) is 2.26. The molecule has 1 saturated heterocycles. The lowest BCUT2D eigenvalue weighted by Gasteiger charge is -2.29. The highest BCUT2D eigenvalue weighted by molar-refractivity contribution is 4.80. The number of rotatable bonds is 6. The molecular weight excluding hydrogens is 212 g/mol. The molecule has 17 heavy (non-hydrogen) atoms. The Kier molecular flexibility index (Phi) is 7.09. The van der Waals surface area contributed by atoms with E-state index in [0.29, 0.717) is 18.2 Å². The Hall–Kier alpha value is -0.120. The molecule has 3 heteroatoms. The minimum atomic E-state index is 0.349. The molecule has 0 amide bonds. The molecule has 0 aliphatic carbocycles. The summed E-state index contributed by atoms with van der Waals surface area (Å²) in [6.07, 6.45) is 4.15. The first-order chi connectivity index (χ1) is 8.13. The van der Waals surface area contributed by atoms with Crippen LogP contribution in [0, 0.1) is 0 Å². The number of nitrogens with zero attached hydrogens (tertiary/aromatic N) is 1. The predicted molar refractivity (Wildman–Crippen MR) is 73.4 cm³/mol. The average Bonchev–Trinajstić information content (AvgIpc) is 2.42. The van der Waals surface area contributed by atoms with Crippen molar-refractivity contribution >= 4 is 0 Å². The van der Waals surface area contributed by atoms with Crippen LogP contribution in [0.15, 0.2) is 0 Å². The molecule has 0 spiro atoms. The lowest BCUT2D eigenvalue weighted by Crippen LogP contribution is -2.41. The highest BCUT2D eigenvalue weighted by Gasteiger charge is 2.21. The highest BCUT2D eigenvalue weighted by Crippen LogP contribution is 2.11. The number of ether oxygens (including phenoxy) is 1. The van der Waals surface area contributed by atoms with Gasteiger partial charge in [0.2, 0.25) is 0 Å². The molecular formula is C14H30N2O. The van der Waals surface area contributed by atoms with Crippen LogP contribution in [-0.2, 0) is 4.74 Å². The third-order valence-corrected chi connectivity index (χ3v) is 3.54. The monoisotopic (exact) mass is 242 g/mol. The molecule has 1 aliphatic rings. The molecule has 102 valence electrons. The van der Waals surface area contributed by atoms with E-state index in [4.69, 9.17) is 4.74 Å². The Bertz CT molecular complexity index is 197. The smallest absolute Gasteiger partial charge is 0.0597 e. The summed E-state index contributed by atoms with van der Waals surface area (Å²) in [5, 5.41) is 3.66. The molecule has 0 aromatic heterocycles. The summed E-state index contributed by atoms with van der Waals surface area (Å²) in [5.41, 5.74) is 0. The zero-order valence-electron chi connectivity index (χ0n) is 12.0. The van der Waals surface area contributed by atoms with Crippen LogP contribution in [-0.4, -0.2) is 49.3 Å². The second-order valence-electron chi connectivity index (χ2n) is 5.49. The van der Waals surface area contributed by atoms with Crippen LogP contribution >= 0.6 is 0 Å². The normalized spacial score (nSPS) is 27.4. The molecule has 2 atom stereocenters. The Morgan fingerprint density at radius 3 is 2.82 bits per heavy atom. The van der Waals surface area contributed by atoms with E-state index in [1.54, 1.807) is 0 Å². The summed E-state index contributed by atoms with van der Waals surface area (Å²) >= 11 is 0. The van der Waals surface area contributed by atoms with E-state index < -0.39 is 0 Å². The lowest BCUT2D eigenvalue weighted by atomic mass is 10.1. The van der Waals surface area contributed by atoms with Crippen molar-refractivity contribution in [1.29, 1.82) is 0 Å². The summed E-state index contributed by atoms with van der Waals surface area (Å²) in [5.74, 6) is 0. The van der Waals surface area contributed by atoms with E-state index >= 15 is 0 Å². The Morgan fingerprint density at radius 1 is 1.41 bits per heavy atom. The van der Waals surface area contributed by atoms with Gasteiger partial charge in [-0.1, -0.05) is 13.3 Å². The number of nitrogens with one attached hydrogen (secondary N) is 1. The molecule has 0 radical (unpaired) electrons. The summed E-state index contributed by atoms with van der Waals surface area (Å²) in [7, 11) is 0. The van der Waals surface area contributed by atoms with Crippen molar-refractivity contribution < 1.29 is 4.74 Å². The van der Waals surface area contributed by atoms with Gasteiger partial charge in [-0.25, -0.2) is 0 Å². The van der Waals surface area contributed by atoms with Crippen LogP contribution in [0.2, 0.25) is 0 Å². The molecule has 1 aliphatic heterocycles. The van der Waals surface area contributed by atoms with Gasteiger partial charge in [0.25, 0.3) is 0 Å². The van der Waals surface area contributed by atoms with Crippen molar-refractivity contribution in [2.75, 3.05) is 26.2 Å². The quantitative estimate of drug-likeness (QED) is 0.773. The fourth-order valence-electron chi connectivity index (χ4n) is 2.47. The fourth-order valence-corrected chi connectivity index (χ4v) is 2.47. The van der Waals surface area contributed by atoms with E-state index in [9.17, 15) is 0 Å². The molecule has 1 fully saturated rings. The van der Waals surface area contributed by atoms with Gasteiger partial charge in [0, 0.05) is 25.2 Å². The van der Waals surface area contributed by atoms with Crippen molar-refractivity contribution in [3.05, 3.63) is 0 Å². The minimum absolute atomic E-state index is 0.349. The zero-order chi connectivity index (χ0) is 12.7. The molecule has 3 nitrogen and oxygen atoms in total. The van der Waals surface area contributed by atoms with Gasteiger partial charge in [0.05, 0.1) is 12.7 Å². The highest BCUT2D eigenvalue weighted by atomic mass is 16.5. The van der Waals surface area contributed by atoms with E-state index in [0.717, 1.165) is 19.7 Å². The molecule has 1 heterocycles. The van der Waals surface area contributed by atoms with Gasteiger partial charge in [0.15, 0.2) is 0 Å². The minimum Gasteiger partial charge on any atom is -0.377 e. The first-order valence-corrected chi connectivity index (χ1v) is 7.22. The first kappa shape index (κ1) is 14.9. The number of hydrogen-bond donors (Lipinski definition) is 1. The third kappa shape index (κ3) is 5.84. The molecule has 1 rings (SSSR count). The van der Waals surface area contributed by atoms with Gasteiger partial charge < -0.3 is 10.1 Å². The molecule has 0 aromatic carbocycles. The molecule has 0 aromatic rings. The van der Waals surface area contributed by atoms with Gasteiger partial charge in [-0.2, -0.15) is 0 Å². The van der Waals surface area contributed by atoms with Crippen LogP contribution in [0.3, 0.4) is 0 Å². The van der Waals surface area contributed by atoms with E-state index in [2.05, 4.69) is 37.9 Å². The van der Waals surface area contributed by atoms with E-state index in [-0.39, 0.29) is 0 Å². The maximum absolute atomic E-state index is 5.67. The molecule has 0 bridgehead atoms. The van der Waals surface area contributed by atoms with Crippen LogP contribution < -0.4 is 5.32 Å². The SMILES string of the molecule is CCCC1CN(CCOC(C)C)C(C)CCN1. The summed E-state index contributed by atoms with van der Waals surface area (Å²) in [4.78, 5) is 2.59. The van der Waals surface area contributed by atoms with Gasteiger partial charge in [-0.05, 0) is 40.2 Å². The van der Waals surface area contributed by atoms with Crippen molar-refractivity contribution in [3.8, 4) is 0 Å². The van der Waals surface area contributed by atoms with Gasteiger partial charge in [0.1, 0.15) is 0 Å². The second-order valence-corrected chi connectivity index (χ2v) is 5.49. The maximum Gasteiger partial charge on any atom is 0.0597 e. The molecule has 1 N–H and O–H groups in total. The molecule has 2 unspecified atom stereocenters. The summed E-state index contributed by atoms with van der Waals surface area (Å²) < 4.78 is 5.67.